The summed E-state index contributed by atoms with van der Waals surface area (Å²) in [4.78, 5) is 27.1. The number of alkyl carbamates (subject to hydrolysis) is 1. The third-order valence-electron chi connectivity index (χ3n) is 2.79. The van der Waals surface area contributed by atoms with Crippen molar-refractivity contribution in [3.05, 3.63) is 36.7 Å². The van der Waals surface area contributed by atoms with E-state index in [2.05, 4.69) is 15.0 Å². The number of hydrogen-bond acceptors (Lipinski definition) is 6. The summed E-state index contributed by atoms with van der Waals surface area (Å²) >= 11 is 1.22. The first kappa shape index (κ1) is 16.9. The highest BCUT2D eigenvalue weighted by atomic mass is 32.2. The van der Waals surface area contributed by atoms with Crippen LogP contribution in [0.4, 0.5) is 4.79 Å². The maximum absolute atomic E-state index is 11.7. The highest BCUT2D eigenvalue weighted by Gasteiger charge is 2.12. The van der Waals surface area contributed by atoms with Gasteiger partial charge in [0.25, 0.3) is 0 Å². The third kappa shape index (κ3) is 4.75. The number of rotatable bonds is 6. The first-order valence-electron chi connectivity index (χ1n) is 6.91. The number of imidazole rings is 1. The molecule has 7 nitrogen and oxygen atoms in total. The maximum Gasteiger partial charge on any atom is 0.413 e. The second-order valence-electron chi connectivity index (χ2n) is 4.34. The Bertz CT molecular complexity index is 687. The number of carbonyl (C=O) groups is 2. The van der Waals surface area contributed by atoms with Crippen LogP contribution >= 0.6 is 11.8 Å². The Labute approximate surface area is 138 Å². The minimum absolute atomic E-state index is 0.0554. The van der Waals surface area contributed by atoms with Crippen molar-refractivity contribution in [3.63, 3.8) is 0 Å². The average molecular weight is 335 g/mol. The van der Waals surface area contributed by atoms with Crippen LogP contribution < -0.4 is 10.1 Å². The van der Waals surface area contributed by atoms with Crippen LogP contribution in [0.25, 0.3) is 5.69 Å². The van der Waals surface area contributed by atoms with E-state index >= 15 is 0 Å². The van der Waals surface area contributed by atoms with Gasteiger partial charge in [0.1, 0.15) is 5.75 Å². The standard InChI is InChI=1S/C15H17N3O4S/c1-3-22-15(20)17-13(19)10-23-14-16-7-8-18(14)11-5-4-6-12(9-11)21-2/h4-9H,3,10H2,1-2H3,(H,17,19,20). The number of benzene rings is 1. The second-order valence-corrected chi connectivity index (χ2v) is 5.28. The Kier molecular flexibility index (Phi) is 6.04. The molecule has 1 aromatic carbocycles. The van der Waals surface area contributed by atoms with Crippen LogP contribution in [-0.2, 0) is 9.53 Å². The minimum Gasteiger partial charge on any atom is -0.497 e. The Balaban J connectivity index is 2.01. The van der Waals surface area contributed by atoms with Crippen LogP contribution in [-0.4, -0.2) is 41.0 Å². The molecule has 2 rings (SSSR count). The normalized spacial score (nSPS) is 10.2. The van der Waals surface area contributed by atoms with Gasteiger partial charge in [-0.3, -0.25) is 14.7 Å². The SMILES string of the molecule is CCOC(=O)NC(=O)CSc1nccn1-c1cccc(OC)c1. The van der Waals surface area contributed by atoms with Crippen LogP contribution in [0, 0.1) is 0 Å². The maximum atomic E-state index is 11.7. The van der Waals surface area contributed by atoms with Gasteiger partial charge in [-0.05, 0) is 19.1 Å². The van der Waals surface area contributed by atoms with Gasteiger partial charge < -0.3 is 9.47 Å². The Morgan fingerprint density at radius 1 is 1.39 bits per heavy atom. The monoisotopic (exact) mass is 335 g/mol. The number of thioether (sulfide) groups is 1. The number of ether oxygens (including phenoxy) is 2. The molecule has 0 unspecified atom stereocenters. The predicted octanol–water partition coefficient (Wildman–Crippen LogP) is 2.25. The number of carbonyl (C=O) groups excluding carboxylic acids is 2. The highest BCUT2D eigenvalue weighted by Crippen LogP contribution is 2.22. The Morgan fingerprint density at radius 3 is 2.96 bits per heavy atom. The molecule has 1 N–H and O–H groups in total. The van der Waals surface area contributed by atoms with Crippen LogP contribution in [0.5, 0.6) is 5.75 Å². The van der Waals surface area contributed by atoms with E-state index in [0.29, 0.717) is 5.16 Å². The quantitative estimate of drug-likeness (QED) is 0.815. The molecule has 2 amide bonds. The number of imide groups is 1. The zero-order valence-electron chi connectivity index (χ0n) is 12.8. The molecule has 2 aromatic rings. The Morgan fingerprint density at radius 2 is 2.22 bits per heavy atom. The molecule has 1 aromatic heterocycles. The summed E-state index contributed by atoms with van der Waals surface area (Å²) in [7, 11) is 1.60. The lowest BCUT2D eigenvalue weighted by molar-refractivity contribution is -0.117. The molecule has 122 valence electrons. The van der Waals surface area contributed by atoms with Gasteiger partial charge in [-0.15, -0.1) is 0 Å². The van der Waals surface area contributed by atoms with Gasteiger partial charge in [0.05, 0.1) is 25.2 Å². The van der Waals surface area contributed by atoms with Gasteiger partial charge in [-0.1, -0.05) is 17.8 Å². The van der Waals surface area contributed by atoms with Gasteiger partial charge in [0, 0.05) is 18.5 Å². The minimum atomic E-state index is -0.741. The molecule has 0 saturated heterocycles. The summed E-state index contributed by atoms with van der Waals surface area (Å²) in [6.07, 6.45) is 2.69. The van der Waals surface area contributed by atoms with E-state index in [1.54, 1.807) is 26.4 Å². The number of nitrogens with zero attached hydrogens (tertiary/aromatic N) is 2. The largest absolute Gasteiger partial charge is 0.497 e. The molecule has 0 aliphatic carbocycles. The first-order chi connectivity index (χ1) is 11.1. The van der Waals surface area contributed by atoms with Crippen molar-refractivity contribution in [2.45, 2.75) is 12.1 Å². The van der Waals surface area contributed by atoms with E-state index in [9.17, 15) is 9.59 Å². The highest BCUT2D eigenvalue weighted by molar-refractivity contribution is 7.99. The fourth-order valence-corrected chi connectivity index (χ4v) is 2.57. The molecule has 0 fully saturated rings. The fraction of sp³-hybridized carbons (Fsp3) is 0.267. The number of hydrogen-bond donors (Lipinski definition) is 1. The van der Waals surface area contributed by atoms with Crippen molar-refractivity contribution in [3.8, 4) is 11.4 Å². The zero-order chi connectivity index (χ0) is 16.7. The predicted molar refractivity (Wildman–Crippen MR) is 86.0 cm³/mol. The van der Waals surface area contributed by atoms with Crippen molar-refractivity contribution < 1.29 is 19.1 Å². The molecular weight excluding hydrogens is 318 g/mol. The van der Waals surface area contributed by atoms with Gasteiger partial charge in [-0.2, -0.15) is 0 Å². The van der Waals surface area contributed by atoms with Crippen molar-refractivity contribution in [1.29, 1.82) is 0 Å². The molecule has 0 aliphatic rings. The lowest BCUT2D eigenvalue weighted by Crippen LogP contribution is -2.32. The molecule has 0 saturated carbocycles. The topological polar surface area (TPSA) is 82.5 Å². The number of nitrogens with one attached hydrogen (secondary N) is 1. The van der Waals surface area contributed by atoms with E-state index in [1.807, 2.05) is 28.8 Å². The van der Waals surface area contributed by atoms with Gasteiger partial charge >= 0.3 is 6.09 Å². The molecule has 0 atom stereocenters. The lowest BCUT2D eigenvalue weighted by Gasteiger charge is -2.09. The molecule has 8 heteroatoms. The van der Waals surface area contributed by atoms with Gasteiger partial charge in [0.2, 0.25) is 5.91 Å². The summed E-state index contributed by atoms with van der Waals surface area (Å²) in [6.45, 7) is 1.89. The summed E-state index contributed by atoms with van der Waals surface area (Å²) in [6, 6.07) is 7.49. The summed E-state index contributed by atoms with van der Waals surface area (Å²) in [5.41, 5.74) is 0.871. The third-order valence-corrected chi connectivity index (χ3v) is 3.75. The van der Waals surface area contributed by atoms with E-state index in [1.165, 1.54) is 11.8 Å². The first-order valence-corrected chi connectivity index (χ1v) is 7.89. The summed E-state index contributed by atoms with van der Waals surface area (Å²) in [5, 5.41) is 2.78. The molecule has 0 radical (unpaired) electrons. The Hall–Kier alpha value is -2.48. The number of aromatic nitrogens is 2. The summed E-state index contributed by atoms with van der Waals surface area (Å²) < 4.78 is 11.7. The van der Waals surface area contributed by atoms with E-state index < -0.39 is 12.0 Å². The molecule has 0 bridgehead atoms. The zero-order valence-corrected chi connectivity index (χ0v) is 13.6. The fourth-order valence-electron chi connectivity index (χ4n) is 1.80. The van der Waals surface area contributed by atoms with Crippen molar-refractivity contribution in [2.24, 2.45) is 0 Å². The van der Waals surface area contributed by atoms with Crippen LogP contribution in [0.1, 0.15) is 6.92 Å². The second kappa shape index (κ2) is 8.23. The summed E-state index contributed by atoms with van der Waals surface area (Å²) in [5.74, 6) is 0.348. The lowest BCUT2D eigenvalue weighted by atomic mass is 10.3. The van der Waals surface area contributed by atoms with Gasteiger partial charge in [0.15, 0.2) is 5.16 Å². The van der Waals surface area contributed by atoms with E-state index in [4.69, 9.17) is 4.74 Å². The molecule has 1 heterocycles. The van der Waals surface area contributed by atoms with Crippen LogP contribution in [0.15, 0.2) is 41.8 Å². The van der Waals surface area contributed by atoms with Crippen molar-refractivity contribution in [2.75, 3.05) is 19.5 Å². The van der Waals surface area contributed by atoms with Crippen molar-refractivity contribution in [1.82, 2.24) is 14.9 Å². The number of amides is 2. The van der Waals surface area contributed by atoms with E-state index in [0.717, 1.165) is 11.4 Å². The molecular formula is C15H17N3O4S. The van der Waals surface area contributed by atoms with Crippen molar-refractivity contribution >= 4 is 23.8 Å². The van der Waals surface area contributed by atoms with E-state index in [-0.39, 0.29) is 12.4 Å². The molecule has 23 heavy (non-hydrogen) atoms. The smallest absolute Gasteiger partial charge is 0.413 e. The van der Waals surface area contributed by atoms with Crippen LogP contribution in [0.2, 0.25) is 0 Å². The average Bonchev–Trinajstić information content (AvgIpc) is 3.01. The molecule has 0 aliphatic heterocycles. The van der Waals surface area contributed by atoms with Crippen LogP contribution in [0.3, 0.4) is 0 Å². The number of methoxy groups -OCH3 is 1. The van der Waals surface area contributed by atoms with Gasteiger partial charge in [-0.25, -0.2) is 9.78 Å². The molecule has 0 spiro atoms.